The van der Waals surface area contributed by atoms with E-state index in [4.69, 9.17) is 5.73 Å². The average molecular weight is 281 g/mol. The van der Waals surface area contributed by atoms with Crippen molar-refractivity contribution in [1.29, 1.82) is 0 Å². The number of carbonyl (C=O) groups is 1. The lowest BCUT2D eigenvalue weighted by Crippen LogP contribution is -2.40. The molecule has 0 radical (unpaired) electrons. The zero-order chi connectivity index (χ0) is 15.3. The Kier molecular flexibility index (Phi) is 5.95. The van der Waals surface area contributed by atoms with Gasteiger partial charge in [0, 0.05) is 12.6 Å². The molecule has 0 atom stereocenters. The van der Waals surface area contributed by atoms with Crippen LogP contribution in [0.25, 0.3) is 0 Å². The van der Waals surface area contributed by atoms with Crippen LogP contribution in [-0.4, -0.2) is 29.9 Å². The topological polar surface area (TPSA) is 58.4 Å². The number of hydrogen-bond donors (Lipinski definition) is 2. The molecule has 0 heterocycles. The molecule has 0 aliphatic carbocycles. The van der Waals surface area contributed by atoms with E-state index in [1.165, 1.54) is 18.2 Å². The summed E-state index contributed by atoms with van der Waals surface area (Å²) in [5, 5.41) is 2.66. The Balaban J connectivity index is 2.68. The Labute approximate surface area is 120 Å². The van der Waals surface area contributed by atoms with Gasteiger partial charge in [-0.2, -0.15) is 0 Å². The lowest BCUT2D eigenvalue weighted by Gasteiger charge is -2.27. The van der Waals surface area contributed by atoms with Crippen molar-refractivity contribution in [3.63, 3.8) is 0 Å². The van der Waals surface area contributed by atoms with Crippen LogP contribution in [-0.2, 0) is 4.79 Å². The van der Waals surface area contributed by atoms with Crippen molar-refractivity contribution in [1.82, 2.24) is 4.90 Å². The van der Waals surface area contributed by atoms with Crippen LogP contribution in [0.2, 0.25) is 0 Å². The fourth-order valence-corrected chi connectivity index (χ4v) is 1.94. The molecule has 0 aliphatic rings. The quantitative estimate of drug-likeness (QED) is 0.788. The van der Waals surface area contributed by atoms with Gasteiger partial charge in [0.15, 0.2) is 0 Å². The van der Waals surface area contributed by atoms with E-state index in [-0.39, 0.29) is 18.5 Å². The summed E-state index contributed by atoms with van der Waals surface area (Å²) in [5.41, 5.74) is 6.40. The van der Waals surface area contributed by atoms with Gasteiger partial charge in [-0.25, -0.2) is 4.39 Å². The molecule has 1 aromatic rings. The second-order valence-electron chi connectivity index (χ2n) is 5.70. The van der Waals surface area contributed by atoms with E-state index in [1.54, 1.807) is 0 Å². The van der Waals surface area contributed by atoms with E-state index < -0.39 is 5.82 Å². The predicted molar refractivity (Wildman–Crippen MR) is 81.0 cm³/mol. The molecule has 1 rings (SSSR count). The second-order valence-corrected chi connectivity index (χ2v) is 5.70. The molecule has 5 heteroatoms. The van der Waals surface area contributed by atoms with Gasteiger partial charge in [0.1, 0.15) is 5.82 Å². The first kappa shape index (κ1) is 16.4. The van der Waals surface area contributed by atoms with Crippen molar-refractivity contribution in [3.05, 3.63) is 24.0 Å². The summed E-state index contributed by atoms with van der Waals surface area (Å²) in [5.74, 6) is -0.126. The molecule has 1 aromatic carbocycles. The molecule has 3 N–H and O–H groups in total. The molecule has 0 aromatic heterocycles. The van der Waals surface area contributed by atoms with Crippen LogP contribution < -0.4 is 11.1 Å². The Hall–Kier alpha value is -1.62. The maximum Gasteiger partial charge on any atom is 0.238 e. The molecule has 0 saturated heterocycles. The summed E-state index contributed by atoms with van der Waals surface area (Å²) in [6.07, 6.45) is 0. The summed E-state index contributed by atoms with van der Waals surface area (Å²) in [6, 6.07) is 4.21. The van der Waals surface area contributed by atoms with E-state index in [0.717, 1.165) is 6.54 Å². The number of rotatable bonds is 6. The maximum absolute atomic E-state index is 13.1. The van der Waals surface area contributed by atoms with Gasteiger partial charge in [0.25, 0.3) is 0 Å². The third-order valence-corrected chi connectivity index (χ3v) is 2.97. The number of nitrogen functional groups attached to an aromatic ring is 1. The van der Waals surface area contributed by atoms with Crippen molar-refractivity contribution in [2.45, 2.75) is 33.7 Å². The van der Waals surface area contributed by atoms with Gasteiger partial charge in [-0.15, -0.1) is 0 Å². The molecule has 112 valence electrons. The van der Waals surface area contributed by atoms with E-state index in [9.17, 15) is 9.18 Å². The fourth-order valence-electron chi connectivity index (χ4n) is 1.94. The van der Waals surface area contributed by atoms with Crippen LogP contribution in [0.15, 0.2) is 18.2 Å². The molecule has 0 spiro atoms. The number of nitrogens with zero attached hydrogens (tertiary/aromatic N) is 1. The molecule has 0 unspecified atom stereocenters. The maximum atomic E-state index is 13.1. The third-order valence-electron chi connectivity index (χ3n) is 2.97. The highest BCUT2D eigenvalue weighted by Crippen LogP contribution is 2.19. The van der Waals surface area contributed by atoms with Gasteiger partial charge in [-0.1, -0.05) is 13.8 Å². The smallest absolute Gasteiger partial charge is 0.238 e. The molecular formula is C15H24FN3O. The summed E-state index contributed by atoms with van der Waals surface area (Å²) >= 11 is 0. The summed E-state index contributed by atoms with van der Waals surface area (Å²) in [6.45, 7) is 9.42. The van der Waals surface area contributed by atoms with E-state index >= 15 is 0 Å². The number of carbonyl (C=O) groups excluding carboxylic acids is 1. The fraction of sp³-hybridized carbons (Fsp3) is 0.533. The van der Waals surface area contributed by atoms with Crippen molar-refractivity contribution in [2.24, 2.45) is 5.92 Å². The van der Waals surface area contributed by atoms with Gasteiger partial charge < -0.3 is 11.1 Å². The first-order valence-electron chi connectivity index (χ1n) is 6.88. The lowest BCUT2D eigenvalue weighted by molar-refractivity contribution is -0.117. The number of nitrogens with one attached hydrogen (secondary N) is 1. The first-order valence-corrected chi connectivity index (χ1v) is 6.88. The minimum Gasteiger partial charge on any atom is -0.397 e. The van der Waals surface area contributed by atoms with Crippen LogP contribution in [0, 0.1) is 11.7 Å². The summed E-state index contributed by atoms with van der Waals surface area (Å²) < 4.78 is 13.1. The monoisotopic (exact) mass is 281 g/mol. The number of anilines is 2. The highest BCUT2D eigenvalue weighted by atomic mass is 19.1. The average Bonchev–Trinajstić information content (AvgIpc) is 2.32. The van der Waals surface area contributed by atoms with Crippen molar-refractivity contribution < 1.29 is 9.18 Å². The zero-order valence-corrected chi connectivity index (χ0v) is 12.6. The lowest BCUT2D eigenvalue weighted by atomic mass is 10.2. The standard InChI is InChI=1S/C15H24FN3O/c1-10(2)8-19(11(3)4)9-15(20)18-14-7-12(16)5-6-13(14)17/h5-7,10-11H,8-9,17H2,1-4H3,(H,18,20). The van der Waals surface area contributed by atoms with E-state index in [0.29, 0.717) is 17.3 Å². The molecule has 1 amide bonds. The van der Waals surface area contributed by atoms with Crippen molar-refractivity contribution in [2.75, 3.05) is 24.1 Å². The first-order chi connectivity index (χ1) is 9.29. The van der Waals surface area contributed by atoms with E-state index in [1.807, 2.05) is 13.8 Å². The molecule has 0 bridgehead atoms. The number of nitrogens with two attached hydrogens (primary N) is 1. The number of hydrogen-bond acceptors (Lipinski definition) is 3. The van der Waals surface area contributed by atoms with Crippen molar-refractivity contribution in [3.8, 4) is 0 Å². The van der Waals surface area contributed by atoms with Gasteiger partial charge >= 0.3 is 0 Å². The molecule has 0 saturated carbocycles. The predicted octanol–water partition coefficient (Wildman–Crippen LogP) is 2.71. The SMILES string of the molecule is CC(C)CN(CC(=O)Nc1cc(F)ccc1N)C(C)C. The van der Waals surface area contributed by atoms with Gasteiger partial charge in [-0.3, -0.25) is 9.69 Å². The van der Waals surface area contributed by atoms with Crippen LogP contribution in [0.3, 0.4) is 0 Å². The minimum atomic E-state index is -0.419. The molecule has 0 aliphatic heterocycles. The number of halogens is 1. The highest BCUT2D eigenvalue weighted by molar-refractivity contribution is 5.95. The normalized spacial score (nSPS) is 11.4. The molecule has 0 fully saturated rings. The Morgan fingerprint density at radius 2 is 2.00 bits per heavy atom. The minimum absolute atomic E-state index is 0.184. The van der Waals surface area contributed by atoms with E-state index in [2.05, 4.69) is 24.1 Å². The van der Waals surface area contributed by atoms with Crippen LogP contribution in [0.1, 0.15) is 27.7 Å². The zero-order valence-electron chi connectivity index (χ0n) is 12.6. The van der Waals surface area contributed by atoms with Gasteiger partial charge in [0.2, 0.25) is 5.91 Å². The molecule has 4 nitrogen and oxygen atoms in total. The van der Waals surface area contributed by atoms with Gasteiger partial charge in [-0.05, 0) is 38.0 Å². The second kappa shape index (κ2) is 7.24. The summed E-state index contributed by atoms with van der Waals surface area (Å²) in [4.78, 5) is 14.1. The Bertz CT molecular complexity index is 460. The van der Waals surface area contributed by atoms with Crippen LogP contribution in [0.4, 0.5) is 15.8 Å². The number of benzene rings is 1. The highest BCUT2D eigenvalue weighted by Gasteiger charge is 2.16. The van der Waals surface area contributed by atoms with Gasteiger partial charge in [0.05, 0.1) is 17.9 Å². The third kappa shape index (κ3) is 5.17. The van der Waals surface area contributed by atoms with Crippen LogP contribution in [0.5, 0.6) is 0 Å². The molecule has 20 heavy (non-hydrogen) atoms. The largest absolute Gasteiger partial charge is 0.397 e. The number of amides is 1. The Morgan fingerprint density at radius 1 is 1.35 bits per heavy atom. The summed E-state index contributed by atoms with van der Waals surface area (Å²) in [7, 11) is 0. The van der Waals surface area contributed by atoms with Crippen molar-refractivity contribution >= 4 is 17.3 Å². The molecular weight excluding hydrogens is 257 g/mol. The Morgan fingerprint density at radius 3 is 2.55 bits per heavy atom. The van der Waals surface area contributed by atoms with Crippen LogP contribution >= 0.6 is 0 Å².